The van der Waals surface area contributed by atoms with E-state index in [1.54, 1.807) is 25.4 Å². The van der Waals surface area contributed by atoms with Crippen molar-refractivity contribution in [1.82, 2.24) is 30.1 Å². The van der Waals surface area contributed by atoms with Crippen molar-refractivity contribution in [2.24, 2.45) is 17.8 Å². The number of pyridine rings is 3. The molecule has 466 valence electrons. The fourth-order valence-electron chi connectivity index (χ4n) is 12.3. The number of benzene rings is 8. The number of aliphatic hydroxyl groups is 1. The number of hydrogen-bond acceptors (Lipinski definition) is 10. The second-order valence-corrected chi connectivity index (χ2v) is 24.1. The van der Waals surface area contributed by atoms with Crippen LogP contribution in [0.15, 0.2) is 243 Å². The zero-order valence-electron chi connectivity index (χ0n) is 52.6. The maximum atomic E-state index is 12.9. The van der Waals surface area contributed by atoms with Gasteiger partial charge in [0.25, 0.3) is 0 Å². The molecule has 3 fully saturated rings. The highest BCUT2D eigenvalue weighted by Crippen LogP contribution is 2.38. The number of phenols is 1. The number of carbonyl (C=O) groups excluding carboxylic acids is 3. The highest BCUT2D eigenvalue weighted by molar-refractivity contribution is 5.92. The first-order valence-electron chi connectivity index (χ1n) is 31.7. The summed E-state index contributed by atoms with van der Waals surface area (Å²) in [4.78, 5) is 53.5. The van der Waals surface area contributed by atoms with Crippen molar-refractivity contribution >= 4 is 50.4 Å². The predicted octanol–water partition coefficient (Wildman–Crippen LogP) is 15.7. The Balaban J connectivity index is 0.000000131. The minimum absolute atomic E-state index is 0.0478. The molecule has 3 saturated heterocycles. The van der Waals surface area contributed by atoms with E-state index in [9.17, 15) is 24.6 Å². The first-order chi connectivity index (χ1) is 44.7. The third kappa shape index (κ3) is 15.3. The van der Waals surface area contributed by atoms with Crippen LogP contribution in [0.2, 0.25) is 0 Å². The van der Waals surface area contributed by atoms with E-state index >= 15 is 0 Å². The van der Waals surface area contributed by atoms with Gasteiger partial charge in [-0.05, 0) is 152 Å². The van der Waals surface area contributed by atoms with E-state index in [4.69, 9.17) is 9.47 Å². The lowest BCUT2D eigenvalue weighted by molar-refractivity contribution is -0.130. The highest BCUT2D eigenvalue weighted by Gasteiger charge is 2.38. The molecule has 13 nitrogen and oxygen atoms in total. The molecule has 3 N–H and O–H groups in total. The lowest BCUT2D eigenvalue weighted by atomic mass is 10.0. The molecule has 0 unspecified atom stereocenters. The third-order valence-corrected chi connectivity index (χ3v) is 17.9. The molecule has 11 aromatic rings. The largest absolute Gasteiger partial charge is 0.507 e. The molecule has 3 aliphatic heterocycles. The van der Waals surface area contributed by atoms with Crippen molar-refractivity contribution in [3.8, 4) is 50.6 Å². The van der Waals surface area contributed by atoms with Crippen molar-refractivity contribution in [3.63, 3.8) is 0 Å². The SMILES string of the molecule is C[C@@H](Oc1cc(-c2ccccc2)cc2ncccc12)[C@H]1CNC(=O)C1.C[C@H](O)[C@@H]1CC(=O)N([C@H](C)c2ccccc2)C1.C[C@H](c1ccccc1)N1C[C@H]([C@@H](C)Oc2cc(-c3ccccc3)cc3ncccc23)CC1=O.Oc1cc(-c2ccccc2)cc2ncccc12. The number of aromatic nitrogens is 3. The molecule has 0 saturated carbocycles. The summed E-state index contributed by atoms with van der Waals surface area (Å²) in [6, 6.07) is 74.6. The molecule has 0 spiro atoms. The number of aromatic hydroxyl groups is 1. The molecular weight excluding hydrogens is 1140 g/mol. The van der Waals surface area contributed by atoms with Gasteiger partial charge in [0, 0.05) is 91.4 Å². The van der Waals surface area contributed by atoms with E-state index in [1.165, 1.54) is 0 Å². The van der Waals surface area contributed by atoms with E-state index in [0.717, 1.165) is 88.7 Å². The molecule has 14 rings (SSSR count). The van der Waals surface area contributed by atoms with Crippen molar-refractivity contribution in [3.05, 3.63) is 254 Å². The normalized spacial score (nSPS) is 17.7. The molecule has 92 heavy (non-hydrogen) atoms. The zero-order valence-corrected chi connectivity index (χ0v) is 52.6. The number of fused-ring (bicyclic) bond motifs is 3. The van der Waals surface area contributed by atoms with Crippen molar-refractivity contribution in [2.45, 2.75) is 84.3 Å². The summed E-state index contributed by atoms with van der Waals surface area (Å²) in [7, 11) is 0. The van der Waals surface area contributed by atoms with Gasteiger partial charge in [-0.25, -0.2) is 0 Å². The third-order valence-electron chi connectivity index (χ3n) is 17.9. The van der Waals surface area contributed by atoms with Crippen molar-refractivity contribution in [1.29, 1.82) is 0 Å². The molecule has 6 heterocycles. The van der Waals surface area contributed by atoms with Gasteiger partial charge in [0.15, 0.2) is 0 Å². The Hall–Kier alpha value is -10.2. The minimum atomic E-state index is -0.410. The molecule has 13 heteroatoms. The predicted molar refractivity (Wildman–Crippen MR) is 366 cm³/mol. The summed E-state index contributed by atoms with van der Waals surface area (Å²) in [5.41, 5.74) is 11.4. The van der Waals surface area contributed by atoms with Crippen LogP contribution in [0.25, 0.3) is 66.1 Å². The van der Waals surface area contributed by atoms with Gasteiger partial charge in [0.2, 0.25) is 17.7 Å². The summed E-state index contributed by atoms with van der Waals surface area (Å²) >= 11 is 0. The number of ether oxygens (including phenoxy) is 2. The molecule has 3 aromatic heterocycles. The number of likely N-dealkylation sites (tertiary alicyclic amines) is 2. The van der Waals surface area contributed by atoms with Crippen LogP contribution in [0.1, 0.15) is 77.1 Å². The standard InChI is InChI=1S/C29H28N2O2.C21H20N2O2.C15H11NO.C14H19NO2/c1-20(22-10-5-3-6-11-22)31-19-25(18-29(31)32)21(2)33-28-17-24(23-12-7-4-8-13-23)16-27-26(28)14-9-15-30-27;1-14(17-12-21(24)23-13-17)25-20-11-16(15-6-3-2-4-7-15)10-19-18(20)8-5-9-22-19;17-15-10-12(11-5-2-1-3-6-11)9-14-13(15)7-4-8-16-14;1-10(12-6-4-3-5-7-12)15-9-13(11(2)16)8-14(15)17/h3-17,20-21,25H,18-19H2,1-2H3;2-11,14,17H,12-13H2,1H3,(H,23,24);1-10,17H;3-7,10-11,13,16H,8-9H2,1-2H3/t20-,21-,25-;14-,17-;;10-,11+,13-/m11.1/s1. The van der Waals surface area contributed by atoms with Gasteiger partial charge < -0.3 is 34.8 Å². The Labute approximate surface area is 538 Å². The zero-order chi connectivity index (χ0) is 64.1. The molecular formula is C79H78N6O7. The number of aliphatic hydroxyl groups excluding tert-OH is 1. The first-order valence-corrected chi connectivity index (χ1v) is 31.7. The number of amides is 3. The minimum Gasteiger partial charge on any atom is -0.507 e. The van der Waals surface area contributed by atoms with E-state index in [0.29, 0.717) is 38.9 Å². The van der Waals surface area contributed by atoms with Gasteiger partial charge in [0.1, 0.15) is 29.5 Å². The van der Waals surface area contributed by atoms with Gasteiger partial charge >= 0.3 is 0 Å². The molecule has 3 aliphatic rings. The van der Waals surface area contributed by atoms with E-state index in [-0.39, 0.29) is 65.5 Å². The molecule has 0 radical (unpaired) electrons. The summed E-state index contributed by atoms with van der Waals surface area (Å²) in [6.07, 6.45) is 6.28. The summed E-state index contributed by atoms with van der Waals surface area (Å²) < 4.78 is 12.8. The quantitative estimate of drug-likeness (QED) is 0.0953. The topological polar surface area (TPSA) is 167 Å². The average Bonchev–Trinajstić information content (AvgIpc) is 1.22. The monoisotopic (exact) mass is 1220 g/mol. The van der Waals surface area contributed by atoms with Crippen LogP contribution >= 0.6 is 0 Å². The Morgan fingerprint density at radius 1 is 0.424 bits per heavy atom. The molecule has 0 bridgehead atoms. The maximum absolute atomic E-state index is 12.9. The molecule has 0 aliphatic carbocycles. The van der Waals surface area contributed by atoms with Crippen LogP contribution in [0.5, 0.6) is 17.2 Å². The Morgan fingerprint density at radius 3 is 1.20 bits per heavy atom. The van der Waals surface area contributed by atoms with E-state index < -0.39 is 6.10 Å². The number of hydrogen-bond donors (Lipinski definition) is 3. The van der Waals surface area contributed by atoms with Crippen LogP contribution in [-0.2, 0) is 14.4 Å². The van der Waals surface area contributed by atoms with E-state index in [1.807, 2.05) is 188 Å². The van der Waals surface area contributed by atoms with Crippen molar-refractivity contribution in [2.75, 3.05) is 19.6 Å². The molecule has 3 amide bonds. The van der Waals surface area contributed by atoms with Crippen LogP contribution in [0.4, 0.5) is 0 Å². The number of nitrogens with one attached hydrogen (secondary N) is 1. The summed E-state index contributed by atoms with van der Waals surface area (Å²) in [5, 5.41) is 25.2. The van der Waals surface area contributed by atoms with Crippen LogP contribution in [0, 0.1) is 17.8 Å². The average molecular weight is 1220 g/mol. The fourth-order valence-corrected chi connectivity index (χ4v) is 12.3. The van der Waals surface area contributed by atoms with Crippen molar-refractivity contribution < 1.29 is 34.1 Å². The maximum Gasteiger partial charge on any atom is 0.223 e. The summed E-state index contributed by atoms with van der Waals surface area (Å²) in [5.74, 6) is 2.75. The van der Waals surface area contributed by atoms with E-state index in [2.05, 4.69) is 94.8 Å². The fraction of sp³-hybridized carbons (Fsp3) is 0.241. The Kier molecular flexibility index (Phi) is 20.4. The van der Waals surface area contributed by atoms with Crippen LogP contribution in [0.3, 0.4) is 0 Å². The van der Waals surface area contributed by atoms with Gasteiger partial charge in [-0.3, -0.25) is 29.3 Å². The number of nitrogens with zero attached hydrogens (tertiary/aromatic N) is 5. The molecule has 8 aromatic carbocycles. The lowest BCUT2D eigenvalue weighted by Crippen LogP contribution is -2.31. The van der Waals surface area contributed by atoms with Gasteiger partial charge in [0.05, 0.1) is 34.7 Å². The van der Waals surface area contributed by atoms with Crippen LogP contribution in [-0.4, -0.2) is 90.6 Å². The highest BCUT2D eigenvalue weighted by atomic mass is 16.5. The molecule has 8 atom stereocenters. The van der Waals surface area contributed by atoms with Crippen LogP contribution < -0.4 is 14.8 Å². The van der Waals surface area contributed by atoms with Gasteiger partial charge in [-0.15, -0.1) is 0 Å². The lowest BCUT2D eigenvalue weighted by Gasteiger charge is -2.27. The number of carbonyl (C=O) groups is 3. The van der Waals surface area contributed by atoms with Gasteiger partial charge in [-0.1, -0.05) is 152 Å². The smallest absolute Gasteiger partial charge is 0.223 e. The number of rotatable bonds is 14. The Morgan fingerprint density at radius 2 is 0.793 bits per heavy atom. The van der Waals surface area contributed by atoms with Gasteiger partial charge in [-0.2, -0.15) is 0 Å². The Bertz CT molecular complexity index is 4280. The summed E-state index contributed by atoms with van der Waals surface area (Å²) in [6.45, 7) is 12.0. The second kappa shape index (κ2) is 29.6. The second-order valence-electron chi connectivity index (χ2n) is 24.1. The first kappa shape index (κ1) is 63.3. The number of phenolic OH excluding ortho intramolecular Hbond substituents is 1.